The minimum atomic E-state index is 0.270. The van der Waals surface area contributed by atoms with Crippen molar-refractivity contribution in [1.82, 2.24) is 4.98 Å². The second-order valence-corrected chi connectivity index (χ2v) is 4.90. The fourth-order valence-corrected chi connectivity index (χ4v) is 2.19. The average molecular weight is 261 g/mol. The number of rotatable bonds is 3. The zero-order valence-electron chi connectivity index (χ0n) is 7.21. The molecule has 0 bridgehead atoms. The molecule has 1 fully saturated rings. The molecule has 1 atom stereocenters. The van der Waals surface area contributed by atoms with Crippen molar-refractivity contribution in [3.63, 3.8) is 0 Å². The van der Waals surface area contributed by atoms with Gasteiger partial charge in [-0.3, -0.25) is 4.98 Å². The monoisotopic (exact) mass is 259 g/mol. The molecule has 13 heavy (non-hydrogen) atoms. The zero-order chi connectivity index (χ0) is 9.26. The van der Waals surface area contributed by atoms with Crippen LogP contribution in [0.2, 0.25) is 0 Å². The summed E-state index contributed by atoms with van der Waals surface area (Å²) in [5.74, 6) is 0.732. The van der Waals surface area contributed by atoms with Crippen molar-refractivity contribution in [3.8, 4) is 0 Å². The Bertz CT molecular complexity index is 299. The van der Waals surface area contributed by atoms with Crippen LogP contribution in [0, 0.1) is 5.92 Å². The summed E-state index contributed by atoms with van der Waals surface area (Å²) in [5, 5.41) is 0.270. The first-order chi connectivity index (χ1) is 6.27. The molecule has 0 N–H and O–H groups in total. The molecule has 1 aromatic rings. The predicted molar refractivity (Wildman–Crippen MR) is 58.0 cm³/mol. The Hall–Kier alpha value is -0.0800. The van der Waals surface area contributed by atoms with Gasteiger partial charge in [-0.2, -0.15) is 0 Å². The quantitative estimate of drug-likeness (QED) is 0.759. The third kappa shape index (κ3) is 2.44. The molecular formula is C10H11BrClN. The molecule has 1 aliphatic rings. The first-order valence-corrected chi connectivity index (χ1v) is 5.74. The van der Waals surface area contributed by atoms with Crippen LogP contribution < -0.4 is 0 Å². The number of aromatic nitrogens is 1. The van der Waals surface area contributed by atoms with Crippen LogP contribution in [0.5, 0.6) is 0 Å². The van der Waals surface area contributed by atoms with Crippen molar-refractivity contribution >= 4 is 27.5 Å². The van der Waals surface area contributed by atoms with Crippen molar-refractivity contribution in [2.24, 2.45) is 5.92 Å². The van der Waals surface area contributed by atoms with Gasteiger partial charge in [-0.15, -0.1) is 11.6 Å². The third-order valence-corrected chi connectivity index (χ3v) is 3.59. The maximum Gasteiger partial charge on any atom is 0.0560 e. The number of halogens is 2. The van der Waals surface area contributed by atoms with E-state index in [2.05, 4.69) is 20.9 Å². The smallest absolute Gasteiger partial charge is 0.0560 e. The highest BCUT2D eigenvalue weighted by atomic mass is 79.9. The van der Waals surface area contributed by atoms with Crippen molar-refractivity contribution in [2.75, 3.05) is 0 Å². The van der Waals surface area contributed by atoms with Crippen LogP contribution in [-0.4, -0.2) is 10.4 Å². The van der Waals surface area contributed by atoms with Gasteiger partial charge in [0.05, 0.1) is 5.69 Å². The first kappa shape index (κ1) is 9.47. The maximum absolute atomic E-state index is 6.22. The van der Waals surface area contributed by atoms with E-state index in [0.29, 0.717) is 0 Å². The van der Waals surface area contributed by atoms with Gasteiger partial charge in [0.25, 0.3) is 0 Å². The van der Waals surface area contributed by atoms with E-state index in [1.165, 1.54) is 12.8 Å². The van der Waals surface area contributed by atoms with Crippen LogP contribution >= 0.6 is 27.5 Å². The summed E-state index contributed by atoms with van der Waals surface area (Å²) in [5.41, 5.74) is 1.08. The van der Waals surface area contributed by atoms with Crippen molar-refractivity contribution in [1.29, 1.82) is 0 Å². The van der Waals surface area contributed by atoms with E-state index in [1.807, 2.05) is 18.3 Å². The third-order valence-electron chi connectivity index (χ3n) is 2.36. The molecule has 1 nitrogen and oxygen atoms in total. The van der Waals surface area contributed by atoms with Gasteiger partial charge >= 0.3 is 0 Å². The summed E-state index contributed by atoms with van der Waals surface area (Å²) >= 11 is 9.70. The lowest BCUT2D eigenvalue weighted by Gasteiger charge is -2.07. The summed E-state index contributed by atoms with van der Waals surface area (Å²) in [7, 11) is 0. The lowest BCUT2D eigenvalue weighted by atomic mass is 10.1. The molecular weight excluding hydrogens is 249 g/mol. The second-order valence-electron chi connectivity index (χ2n) is 3.49. The maximum atomic E-state index is 6.22. The topological polar surface area (TPSA) is 12.9 Å². The van der Waals surface area contributed by atoms with Gasteiger partial charge < -0.3 is 0 Å². The predicted octanol–water partition coefficient (Wildman–Crippen LogP) is 3.40. The van der Waals surface area contributed by atoms with Crippen LogP contribution in [0.25, 0.3) is 0 Å². The number of nitrogens with zero attached hydrogens (tertiary/aromatic N) is 1. The van der Waals surface area contributed by atoms with E-state index >= 15 is 0 Å². The highest BCUT2D eigenvalue weighted by molar-refractivity contribution is 9.10. The summed E-state index contributed by atoms with van der Waals surface area (Å²) in [6.45, 7) is 0. The van der Waals surface area contributed by atoms with Gasteiger partial charge in [-0.05, 0) is 46.8 Å². The van der Waals surface area contributed by atoms with E-state index < -0.39 is 0 Å². The Morgan fingerprint density at radius 1 is 1.62 bits per heavy atom. The van der Waals surface area contributed by atoms with Crippen molar-refractivity contribution in [2.45, 2.75) is 24.6 Å². The van der Waals surface area contributed by atoms with Gasteiger partial charge in [0.2, 0.25) is 0 Å². The molecule has 1 aliphatic carbocycles. The van der Waals surface area contributed by atoms with Crippen LogP contribution in [0.3, 0.4) is 0 Å². The van der Waals surface area contributed by atoms with Gasteiger partial charge in [0, 0.05) is 22.5 Å². The molecule has 0 amide bonds. The van der Waals surface area contributed by atoms with E-state index in [1.54, 1.807) is 0 Å². The standard InChI is InChI=1S/C10H11BrClN/c11-8-2-1-5-13-10(8)6-9(12)7-3-4-7/h1-2,5,7,9H,3-4,6H2. The lowest BCUT2D eigenvalue weighted by molar-refractivity contribution is 0.722. The molecule has 1 unspecified atom stereocenters. The largest absolute Gasteiger partial charge is 0.260 e. The molecule has 0 aliphatic heterocycles. The molecule has 1 saturated carbocycles. The molecule has 2 rings (SSSR count). The van der Waals surface area contributed by atoms with Gasteiger partial charge in [-0.1, -0.05) is 0 Å². The molecule has 0 saturated heterocycles. The minimum absolute atomic E-state index is 0.270. The van der Waals surface area contributed by atoms with E-state index in [-0.39, 0.29) is 5.38 Å². The summed E-state index contributed by atoms with van der Waals surface area (Å²) in [6.07, 6.45) is 5.28. The average Bonchev–Trinajstić information content (AvgIpc) is 2.91. The van der Waals surface area contributed by atoms with Gasteiger partial charge in [0.15, 0.2) is 0 Å². The minimum Gasteiger partial charge on any atom is -0.260 e. The van der Waals surface area contributed by atoms with Crippen molar-refractivity contribution < 1.29 is 0 Å². The lowest BCUT2D eigenvalue weighted by Crippen LogP contribution is -2.07. The summed E-state index contributed by atoms with van der Waals surface area (Å²) in [4.78, 5) is 4.30. The number of pyridine rings is 1. The molecule has 0 spiro atoms. The molecule has 1 heterocycles. The Kier molecular flexibility index (Phi) is 2.89. The first-order valence-electron chi connectivity index (χ1n) is 4.51. The number of hydrogen-bond acceptors (Lipinski definition) is 1. The van der Waals surface area contributed by atoms with Gasteiger partial charge in [0.1, 0.15) is 0 Å². The Morgan fingerprint density at radius 3 is 3.00 bits per heavy atom. The zero-order valence-corrected chi connectivity index (χ0v) is 9.55. The highest BCUT2D eigenvalue weighted by Crippen LogP contribution is 2.37. The van der Waals surface area contributed by atoms with Crippen molar-refractivity contribution in [3.05, 3.63) is 28.5 Å². The van der Waals surface area contributed by atoms with Gasteiger partial charge in [-0.25, -0.2) is 0 Å². The molecule has 3 heteroatoms. The van der Waals surface area contributed by atoms with Crippen LogP contribution in [0.4, 0.5) is 0 Å². The van der Waals surface area contributed by atoms with E-state index in [0.717, 1.165) is 22.5 Å². The fourth-order valence-electron chi connectivity index (χ4n) is 1.38. The van der Waals surface area contributed by atoms with E-state index in [9.17, 15) is 0 Å². The Balaban J connectivity index is 2.03. The Morgan fingerprint density at radius 2 is 2.38 bits per heavy atom. The summed E-state index contributed by atoms with van der Waals surface area (Å²) < 4.78 is 1.07. The highest BCUT2D eigenvalue weighted by Gasteiger charge is 2.30. The molecule has 70 valence electrons. The van der Waals surface area contributed by atoms with Crippen LogP contribution in [-0.2, 0) is 6.42 Å². The normalized spacial score (nSPS) is 18.6. The second kappa shape index (κ2) is 3.97. The van der Waals surface area contributed by atoms with E-state index in [4.69, 9.17) is 11.6 Å². The molecule has 0 aromatic carbocycles. The molecule has 1 aromatic heterocycles. The van der Waals surface area contributed by atoms with Crippen LogP contribution in [0.15, 0.2) is 22.8 Å². The molecule has 0 radical (unpaired) electrons. The number of alkyl halides is 1. The fraction of sp³-hybridized carbons (Fsp3) is 0.500. The SMILES string of the molecule is ClC(Cc1ncccc1Br)C1CC1. The Labute approximate surface area is 91.6 Å². The number of hydrogen-bond donors (Lipinski definition) is 0. The summed E-state index contributed by atoms with van der Waals surface area (Å²) in [6, 6.07) is 3.94. The van der Waals surface area contributed by atoms with Crippen LogP contribution in [0.1, 0.15) is 18.5 Å².